The topological polar surface area (TPSA) is 87.1 Å². The number of ether oxygens (including phenoxy) is 1. The third-order valence-electron chi connectivity index (χ3n) is 2.27. The summed E-state index contributed by atoms with van der Waals surface area (Å²) in [6.07, 6.45) is 3.19. The number of nitrogens with two attached hydrogens (primary N) is 1. The lowest BCUT2D eigenvalue weighted by Gasteiger charge is -2.01. The summed E-state index contributed by atoms with van der Waals surface area (Å²) >= 11 is 0. The Labute approximate surface area is 98.8 Å². The number of hydrogen-bond donors (Lipinski definition) is 1. The molecule has 2 heterocycles. The van der Waals surface area contributed by atoms with Crippen LogP contribution in [0.4, 0.5) is 0 Å². The molecule has 17 heavy (non-hydrogen) atoms. The minimum absolute atomic E-state index is 0.418. The van der Waals surface area contributed by atoms with E-state index < -0.39 is 0 Å². The van der Waals surface area contributed by atoms with Gasteiger partial charge < -0.3 is 15.0 Å². The van der Waals surface area contributed by atoms with Crippen LogP contribution in [0.1, 0.15) is 12.2 Å². The SMILES string of the molecule is COc1ncccc1-c1nc(CCCN)no1. The van der Waals surface area contributed by atoms with Crippen molar-refractivity contribution in [2.45, 2.75) is 12.8 Å². The predicted octanol–water partition coefficient (Wildman–Crippen LogP) is 1.03. The van der Waals surface area contributed by atoms with Gasteiger partial charge in [0.15, 0.2) is 5.82 Å². The van der Waals surface area contributed by atoms with E-state index in [9.17, 15) is 0 Å². The van der Waals surface area contributed by atoms with Crippen molar-refractivity contribution in [3.05, 3.63) is 24.2 Å². The molecule has 2 aromatic heterocycles. The van der Waals surface area contributed by atoms with Gasteiger partial charge in [-0.25, -0.2) is 4.98 Å². The van der Waals surface area contributed by atoms with Gasteiger partial charge in [0, 0.05) is 12.6 Å². The first-order valence-electron chi connectivity index (χ1n) is 5.37. The van der Waals surface area contributed by atoms with Crippen LogP contribution < -0.4 is 10.5 Å². The van der Waals surface area contributed by atoms with E-state index in [1.807, 2.05) is 6.07 Å². The first-order valence-corrected chi connectivity index (χ1v) is 5.37. The molecule has 0 spiro atoms. The Bertz CT molecular complexity index is 484. The van der Waals surface area contributed by atoms with Crippen molar-refractivity contribution in [3.8, 4) is 17.3 Å². The molecule has 0 fully saturated rings. The number of nitrogens with zero attached hydrogens (tertiary/aromatic N) is 3. The minimum atomic E-state index is 0.418. The maximum atomic E-state index is 5.42. The van der Waals surface area contributed by atoms with Crippen LogP contribution in [0.3, 0.4) is 0 Å². The molecule has 6 heteroatoms. The predicted molar refractivity (Wildman–Crippen MR) is 61.5 cm³/mol. The molecule has 0 bridgehead atoms. The highest BCUT2D eigenvalue weighted by Crippen LogP contribution is 2.25. The largest absolute Gasteiger partial charge is 0.480 e. The van der Waals surface area contributed by atoms with Gasteiger partial charge in [-0.1, -0.05) is 5.16 Å². The highest BCUT2D eigenvalue weighted by molar-refractivity contribution is 5.59. The second-order valence-electron chi connectivity index (χ2n) is 3.47. The zero-order chi connectivity index (χ0) is 12.1. The summed E-state index contributed by atoms with van der Waals surface area (Å²) in [6.45, 7) is 0.611. The maximum Gasteiger partial charge on any atom is 0.263 e. The number of rotatable bonds is 5. The van der Waals surface area contributed by atoms with Gasteiger partial charge in [-0.05, 0) is 25.1 Å². The highest BCUT2D eigenvalue weighted by atomic mass is 16.5. The lowest BCUT2D eigenvalue weighted by Crippen LogP contribution is -2.01. The molecular formula is C11H14N4O2. The van der Waals surface area contributed by atoms with Crippen molar-refractivity contribution in [1.29, 1.82) is 0 Å². The Kier molecular flexibility index (Phi) is 3.66. The summed E-state index contributed by atoms with van der Waals surface area (Å²) in [5.74, 6) is 1.54. The van der Waals surface area contributed by atoms with Gasteiger partial charge in [-0.3, -0.25) is 0 Å². The Morgan fingerprint density at radius 3 is 3.12 bits per heavy atom. The van der Waals surface area contributed by atoms with Crippen molar-refractivity contribution in [2.75, 3.05) is 13.7 Å². The first-order chi connectivity index (χ1) is 8.35. The van der Waals surface area contributed by atoms with E-state index in [-0.39, 0.29) is 0 Å². The van der Waals surface area contributed by atoms with E-state index in [0.717, 1.165) is 6.42 Å². The zero-order valence-corrected chi connectivity index (χ0v) is 9.59. The fraction of sp³-hybridized carbons (Fsp3) is 0.364. The van der Waals surface area contributed by atoms with Gasteiger partial charge in [0.05, 0.1) is 7.11 Å². The number of aryl methyl sites for hydroxylation is 1. The normalized spacial score (nSPS) is 10.5. The summed E-state index contributed by atoms with van der Waals surface area (Å²) in [6, 6.07) is 3.62. The van der Waals surface area contributed by atoms with Crippen molar-refractivity contribution in [1.82, 2.24) is 15.1 Å². The van der Waals surface area contributed by atoms with Crippen LogP contribution in [0, 0.1) is 0 Å². The van der Waals surface area contributed by atoms with Crippen LogP contribution in [0.2, 0.25) is 0 Å². The van der Waals surface area contributed by atoms with Crippen molar-refractivity contribution in [3.63, 3.8) is 0 Å². The molecule has 0 amide bonds. The maximum absolute atomic E-state index is 5.42. The monoisotopic (exact) mass is 234 g/mol. The van der Waals surface area contributed by atoms with Gasteiger partial charge in [-0.15, -0.1) is 0 Å². The molecule has 0 aliphatic heterocycles. The quantitative estimate of drug-likeness (QED) is 0.831. The van der Waals surface area contributed by atoms with E-state index in [4.69, 9.17) is 15.0 Å². The summed E-state index contributed by atoms with van der Waals surface area (Å²) < 4.78 is 10.3. The van der Waals surface area contributed by atoms with Crippen LogP contribution in [-0.4, -0.2) is 28.8 Å². The lowest BCUT2D eigenvalue weighted by atomic mass is 10.2. The Morgan fingerprint density at radius 1 is 1.47 bits per heavy atom. The molecule has 2 N–H and O–H groups in total. The smallest absolute Gasteiger partial charge is 0.263 e. The van der Waals surface area contributed by atoms with E-state index in [1.165, 1.54) is 0 Å². The molecule has 0 aromatic carbocycles. The summed E-state index contributed by atoms with van der Waals surface area (Å²) in [5, 5.41) is 3.88. The summed E-state index contributed by atoms with van der Waals surface area (Å²) in [4.78, 5) is 8.35. The average Bonchev–Trinajstić information content (AvgIpc) is 2.85. The number of aromatic nitrogens is 3. The number of pyridine rings is 1. The van der Waals surface area contributed by atoms with Crippen LogP contribution in [0.15, 0.2) is 22.9 Å². The van der Waals surface area contributed by atoms with Crippen molar-refractivity contribution < 1.29 is 9.26 Å². The van der Waals surface area contributed by atoms with E-state index in [0.29, 0.717) is 36.1 Å². The van der Waals surface area contributed by atoms with Crippen LogP contribution in [-0.2, 0) is 6.42 Å². The summed E-state index contributed by atoms with van der Waals surface area (Å²) in [7, 11) is 1.55. The highest BCUT2D eigenvalue weighted by Gasteiger charge is 2.13. The molecule has 0 unspecified atom stereocenters. The fourth-order valence-electron chi connectivity index (χ4n) is 1.44. The van der Waals surface area contributed by atoms with E-state index >= 15 is 0 Å². The molecule has 90 valence electrons. The van der Waals surface area contributed by atoms with Gasteiger partial charge in [0.25, 0.3) is 5.89 Å². The second-order valence-corrected chi connectivity index (χ2v) is 3.47. The molecule has 0 atom stereocenters. The molecule has 0 aliphatic carbocycles. The Morgan fingerprint density at radius 2 is 2.35 bits per heavy atom. The Hall–Kier alpha value is -1.95. The van der Waals surface area contributed by atoms with Gasteiger partial charge in [0.1, 0.15) is 5.56 Å². The molecule has 2 aromatic rings. The van der Waals surface area contributed by atoms with Gasteiger partial charge in [0.2, 0.25) is 5.88 Å². The molecular weight excluding hydrogens is 220 g/mol. The second kappa shape index (κ2) is 5.40. The zero-order valence-electron chi connectivity index (χ0n) is 9.59. The molecule has 0 saturated carbocycles. The van der Waals surface area contributed by atoms with Crippen LogP contribution in [0.25, 0.3) is 11.5 Å². The van der Waals surface area contributed by atoms with Crippen molar-refractivity contribution >= 4 is 0 Å². The third-order valence-corrected chi connectivity index (χ3v) is 2.27. The number of methoxy groups -OCH3 is 1. The Balaban J connectivity index is 2.24. The lowest BCUT2D eigenvalue weighted by molar-refractivity contribution is 0.390. The fourth-order valence-corrected chi connectivity index (χ4v) is 1.44. The van der Waals surface area contributed by atoms with E-state index in [1.54, 1.807) is 19.4 Å². The van der Waals surface area contributed by atoms with E-state index in [2.05, 4.69) is 15.1 Å². The van der Waals surface area contributed by atoms with Gasteiger partial charge >= 0.3 is 0 Å². The molecule has 2 rings (SSSR count). The standard InChI is InChI=1S/C11H14N4O2/c1-16-10-8(4-3-7-13-10)11-14-9(15-17-11)5-2-6-12/h3-4,7H,2,5-6,12H2,1H3. The molecule has 0 radical (unpaired) electrons. The molecule has 0 aliphatic rings. The summed E-state index contributed by atoms with van der Waals surface area (Å²) in [5.41, 5.74) is 6.12. The molecule has 6 nitrogen and oxygen atoms in total. The van der Waals surface area contributed by atoms with Crippen molar-refractivity contribution in [2.24, 2.45) is 5.73 Å². The average molecular weight is 234 g/mol. The third kappa shape index (κ3) is 2.59. The number of hydrogen-bond acceptors (Lipinski definition) is 6. The van der Waals surface area contributed by atoms with Crippen LogP contribution in [0.5, 0.6) is 5.88 Å². The first kappa shape index (κ1) is 11.5. The molecule has 0 saturated heterocycles. The van der Waals surface area contributed by atoms with Gasteiger partial charge in [-0.2, -0.15) is 4.98 Å². The van der Waals surface area contributed by atoms with Crippen LogP contribution >= 0.6 is 0 Å². The minimum Gasteiger partial charge on any atom is -0.480 e.